The minimum Gasteiger partial charge on any atom is -0.493 e. The molecule has 7 heteroatoms. The number of hydrogen-bond donors (Lipinski definition) is 1. The van der Waals surface area contributed by atoms with Gasteiger partial charge in [0.25, 0.3) is 0 Å². The van der Waals surface area contributed by atoms with Crippen LogP contribution in [0.1, 0.15) is 61.0 Å². The van der Waals surface area contributed by atoms with Gasteiger partial charge in [-0.3, -0.25) is 4.90 Å². The number of likely N-dealkylation sites (tertiary alicyclic amines) is 1. The molecule has 0 spiro atoms. The highest BCUT2D eigenvalue weighted by Gasteiger charge is 2.25. The lowest BCUT2D eigenvalue weighted by Crippen LogP contribution is -2.36. The Morgan fingerprint density at radius 2 is 2.03 bits per heavy atom. The quantitative estimate of drug-likeness (QED) is 0.495. The van der Waals surface area contributed by atoms with Gasteiger partial charge in [0.2, 0.25) is 0 Å². The number of rotatable bonds is 9. The van der Waals surface area contributed by atoms with Gasteiger partial charge in [-0.1, -0.05) is 13.0 Å². The summed E-state index contributed by atoms with van der Waals surface area (Å²) < 4.78 is 13.5. The van der Waals surface area contributed by atoms with E-state index < -0.39 is 5.97 Å². The van der Waals surface area contributed by atoms with Crippen LogP contribution in [0.3, 0.4) is 0 Å². The molecule has 176 valence electrons. The van der Waals surface area contributed by atoms with Crippen LogP contribution < -0.4 is 9.47 Å². The minimum absolute atomic E-state index is 0.124. The number of para-hydroxylation sites is 1. The molecule has 2 aromatic heterocycles. The molecule has 1 N–H and O–H groups in total. The van der Waals surface area contributed by atoms with Gasteiger partial charge < -0.3 is 19.1 Å². The number of piperidine rings is 1. The highest BCUT2D eigenvalue weighted by molar-refractivity contribution is 5.92. The third-order valence-electron chi connectivity index (χ3n) is 6.80. The van der Waals surface area contributed by atoms with Crippen molar-refractivity contribution in [1.82, 2.24) is 14.5 Å². The van der Waals surface area contributed by atoms with E-state index >= 15 is 0 Å². The van der Waals surface area contributed by atoms with E-state index in [1.54, 1.807) is 12.1 Å². The van der Waals surface area contributed by atoms with Gasteiger partial charge in [0, 0.05) is 30.4 Å². The molecule has 0 saturated carbocycles. The number of ether oxygens (including phenoxy) is 2. The summed E-state index contributed by atoms with van der Waals surface area (Å²) in [5, 5.41) is 10.7. The highest BCUT2D eigenvalue weighted by Crippen LogP contribution is 2.35. The molecular formula is C26H33N3O4. The molecule has 3 aromatic rings. The fourth-order valence-electron chi connectivity index (χ4n) is 4.70. The summed E-state index contributed by atoms with van der Waals surface area (Å²) in [7, 11) is 1.52. The number of carbonyl (C=O) groups is 1. The maximum absolute atomic E-state index is 11.5. The average Bonchev–Trinajstić information content (AvgIpc) is 3.23. The Kier molecular flexibility index (Phi) is 7.18. The van der Waals surface area contributed by atoms with Gasteiger partial charge in [-0.25, -0.2) is 9.78 Å². The van der Waals surface area contributed by atoms with Crippen molar-refractivity contribution in [3.63, 3.8) is 0 Å². The number of fused-ring (bicyclic) bond motifs is 1. The molecule has 1 saturated heterocycles. The predicted molar refractivity (Wildman–Crippen MR) is 129 cm³/mol. The molecule has 1 unspecified atom stereocenters. The predicted octanol–water partition coefficient (Wildman–Crippen LogP) is 4.97. The van der Waals surface area contributed by atoms with Crippen LogP contribution in [0, 0.1) is 0 Å². The first-order valence-corrected chi connectivity index (χ1v) is 11.7. The maximum Gasteiger partial charge on any atom is 0.339 e. The summed E-state index contributed by atoms with van der Waals surface area (Å²) in [6.07, 6.45) is 7.45. The van der Waals surface area contributed by atoms with E-state index in [2.05, 4.69) is 40.6 Å². The third-order valence-corrected chi connectivity index (χ3v) is 6.80. The Labute approximate surface area is 194 Å². The van der Waals surface area contributed by atoms with E-state index in [1.807, 2.05) is 12.3 Å². The van der Waals surface area contributed by atoms with Gasteiger partial charge in [-0.15, -0.1) is 0 Å². The number of aromatic nitrogens is 2. The van der Waals surface area contributed by atoms with Crippen molar-refractivity contribution < 1.29 is 19.4 Å². The molecule has 7 nitrogen and oxygen atoms in total. The second-order valence-corrected chi connectivity index (χ2v) is 8.73. The van der Waals surface area contributed by atoms with Crippen molar-refractivity contribution in [3.8, 4) is 11.5 Å². The maximum atomic E-state index is 11.5. The molecule has 1 atom stereocenters. The van der Waals surface area contributed by atoms with E-state index in [4.69, 9.17) is 9.47 Å². The Balaban J connectivity index is 1.38. The molecule has 4 rings (SSSR count). The summed E-state index contributed by atoms with van der Waals surface area (Å²) in [4.78, 5) is 18.6. The molecule has 0 aliphatic carbocycles. The summed E-state index contributed by atoms with van der Waals surface area (Å²) in [6, 6.07) is 9.58. The molecular weight excluding hydrogens is 418 g/mol. The van der Waals surface area contributed by atoms with Gasteiger partial charge in [-0.05, 0) is 75.0 Å². The number of carboxylic acid groups (broad SMARTS) is 1. The van der Waals surface area contributed by atoms with Gasteiger partial charge in [-0.2, -0.15) is 0 Å². The van der Waals surface area contributed by atoms with Crippen LogP contribution >= 0.6 is 0 Å². The van der Waals surface area contributed by atoms with Crippen molar-refractivity contribution >= 4 is 17.0 Å². The van der Waals surface area contributed by atoms with Crippen LogP contribution in [0.4, 0.5) is 0 Å². The third kappa shape index (κ3) is 4.83. The Morgan fingerprint density at radius 1 is 1.24 bits per heavy atom. The smallest absolute Gasteiger partial charge is 0.339 e. The van der Waals surface area contributed by atoms with Crippen LogP contribution in [0.2, 0.25) is 0 Å². The number of methoxy groups -OCH3 is 1. The van der Waals surface area contributed by atoms with Gasteiger partial charge in [0.15, 0.2) is 11.5 Å². The molecule has 0 radical (unpaired) electrons. The lowest BCUT2D eigenvalue weighted by Gasteiger charge is -2.32. The van der Waals surface area contributed by atoms with E-state index in [0.717, 1.165) is 44.5 Å². The first-order chi connectivity index (χ1) is 16.0. The van der Waals surface area contributed by atoms with Gasteiger partial charge in [0.05, 0.1) is 7.11 Å². The van der Waals surface area contributed by atoms with E-state index in [9.17, 15) is 9.90 Å². The number of aromatic carboxylic acids is 1. The van der Waals surface area contributed by atoms with Crippen LogP contribution in [-0.4, -0.2) is 58.9 Å². The van der Waals surface area contributed by atoms with Crippen molar-refractivity contribution in [2.45, 2.75) is 45.1 Å². The second kappa shape index (κ2) is 10.3. The number of nitrogens with zero attached hydrogens (tertiary/aromatic N) is 3. The SMILES string of the molecule is CCC(C)n1cc(C2CCN(CCOc3c(OC)cccc3C(=O)O)CC2)c2cccnc21. The van der Waals surface area contributed by atoms with E-state index in [0.29, 0.717) is 30.1 Å². The number of benzene rings is 1. The summed E-state index contributed by atoms with van der Waals surface area (Å²) >= 11 is 0. The molecule has 1 aliphatic rings. The summed E-state index contributed by atoms with van der Waals surface area (Å²) in [5.41, 5.74) is 2.62. The fraction of sp³-hybridized carbons (Fsp3) is 0.462. The zero-order chi connectivity index (χ0) is 23.4. The van der Waals surface area contributed by atoms with Crippen molar-refractivity contribution in [2.75, 3.05) is 33.4 Å². The topological polar surface area (TPSA) is 76.8 Å². The van der Waals surface area contributed by atoms with E-state index in [1.165, 1.54) is 24.1 Å². The normalized spacial score (nSPS) is 16.1. The standard InChI is InChI=1S/C26H33N3O4/c1-4-18(2)29-17-22(20-8-6-12-27-25(20)29)19-10-13-28(14-11-19)15-16-33-24-21(26(30)31)7-5-9-23(24)32-3/h5-9,12,17-19H,4,10-11,13-16H2,1-3H3,(H,30,31). The van der Waals surface area contributed by atoms with Gasteiger partial charge >= 0.3 is 5.97 Å². The van der Waals surface area contributed by atoms with Crippen molar-refractivity contribution in [3.05, 3.63) is 53.9 Å². The van der Waals surface area contributed by atoms with Crippen LogP contribution in [0.25, 0.3) is 11.0 Å². The molecule has 1 aliphatic heterocycles. The molecule has 1 fully saturated rings. The first-order valence-electron chi connectivity index (χ1n) is 11.7. The molecule has 33 heavy (non-hydrogen) atoms. The molecule has 0 amide bonds. The fourth-order valence-corrected chi connectivity index (χ4v) is 4.70. The summed E-state index contributed by atoms with van der Waals surface area (Å²) in [6.45, 7) is 7.61. The lowest BCUT2D eigenvalue weighted by atomic mass is 9.89. The van der Waals surface area contributed by atoms with Crippen molar-refractivity contribution in [2.24, 2.45) is 0 Å². The van der Waals surface area contributed by atoms with Crippen LogP contribution in [0.15, 0.2) is 42.7 Å². The number of carboxylic acids is 1. The van der Waals surface area contributed by atoms with E-state index in [-0.39, 0.29) is 5.56 Å². The lowest BCUT2D eigenvalue weighted by molar-refractivity contribution is 0.0690. The van der Waals surface area contributed by atoms with Crippen LogP contribution in [0.5, 0.6) is 11.5 Å². The zero-order valence-corrected chi connectivity index (χ0v) is 19.7. The number of pyridine rings is 1. The van der Waals surface area contributed by atoms with Crippen LogP contribution in [-0.2, 0) is 0 Å². The number of hydrogen-bond acceptors (Lipinski definition) is 5. The monoisotopic (exact) mass is 451 g/mol. The van der Waals surface area contributed by atoms with Crippen molar-refractivity contribution in [1.29, 1.82) is 0 Å². The molecule has 1 aromatic carbocycles. The molecule has 0 bridgehead atoms. The molecule has 3 heterocycles. The zero-order valence-electron chi connectivity index (χ0n) is 19.7. The Morgan fingerprint density at radius 3 is 2.73 bits per heavy atom. The Bertz CT molecular complexity index is 1100. The average molecular weight is 452 g/mol. The second-order valence-electron chi connectivity index (χ2n) is 8.73. The van der Waals surface area contributed by atoms with Gasteiger partial charge in [0.1, 0.15) is 17.8 Å². The minimum atomic E-state index is -1.02. The highest BCUT2D eigenvalue weighted by atomic mass is 16.5. The largest absolute Gasteiger partial charge is 0.493 e. The Hall–Kier alpha value is -3.06. The first kappa shape index (κ1) is 23.1. The summed E-state index contributed by atoms with van der Waals surface area (Å²) in [5.74, 6) is 0.246.